The molecule has 1 fully saturated rings. The maximum absolute atomic E-state index is 4.74. The van der Waals surface area contributed by atoms with Gasteiger partial charge >= 0.3 is 0 Å². The lowest BCUT2D eigenvalue weighted by Crippen LogP contribution is -2.42. The lowest BCUT2D eigenvalue weighted by atomic mass is 9.83. The third-order valence-corrected chi connectivity index (χ3v) is 5.42. The molecule has 0 unspecified atom stereocenters. The number of aromatic nitrogens is 3. The summed E-state index contributed by atoms with van der Waals surface area (Å²) in [5.74, 6) is 1.69. The molecule has 27 heavy (non-hydrogen) atoms. The van der Waals surface area contributed by atoms with E-state index in [-0.39, 0.29) is 24.0 Å². The highest BCUT2D eigenvalue weighted by molar-refractivity contribution is 14.0. The quantitative estimate of drug-likeness (QED) is 0.357. The maximum atomic E-state index is 4.74. The summed E-state index contributed by atoms with van der Waals surface area (Å²) in [7, 11) is 0. The standard InChI is InChI=1S/C20H30N6.HI/c1-3-20(12-8-9-13-20)15-23-19(21-4-2)22-14-18-25-24-16-26(18)17-10-6-5-7-11-17;/h5-7,10-11,16H,3-4,8-9,12-15H2,1-2H3,(H2,21,22,23);1H. The molecule has 0 spiro atoms. The molecule has 1 aliphatic rings. The largest absolute Gasteiger partial charge is 0.357 e. The minimum atomic E-state index is 0. The summed E-state index contributed by atoms with van der Waals surface area (Å²) in [4.78, 5) is 4.74. The third-order valence-electron chi connectivity index (χ3n) is 5.42. The molecule has 6 nitrogen and oxygen atoms in total. The van der Waals surface area contributed by atoms with E-state index in [0.29, 0.717) is 12.0 Å². The Hall–Kier alpha value is -1.64. The fourth-order valence-corrected chi connectivity index (χ4v) is 3.71. The van der Waals surface area contributed by atoms with Gasteiger partial charge in [-0.25, -0.2) is 4.99 Å². The highest BCUT2D eigenvalue weighted by Crippen LogP contribution is 2.40. The molecule has 1 heterocycles. The molecule has 0 bridgehead atoms. The van der Waals surface area contributed by atoms with Gasteiger partial charge in [0.1, 0.15) is 12.9 Å². The average Bonchev–Trinajstić information content (AvgIpc) is 3.34. The normalized spacial score (nSPS) is 16.0. The molecule has 2 aromatic rings. The Kier molecular flexibility index (Phi) is 8.53. The van der Waals surface area contributed by atoms with Gasteiger partial charge in [-0.1, -0.05) is 38.0 Å². The molecule has 7 heteroatoms. The topological polar surface area (TPSA) is 67.1 Å². The van der Waals surface area contributed by atoms with Gasteiger partial charge in [0.2, 0.25) is 0 Å². The fourth-order valence-electron chi connectivity index (χ4n) is 3.71. The smallest absolute Gasteiger partial charge is 0.191 e. The van der Waals surface area contributed by atoms with Gasteiger partial charge in [0, 0.05) is 18.8 Å². The molecule has 1 aliphatic carbocycles. The number of benzene rings is 1. The van der Waals surface area contributed by atoms with Gasteiger partial charge in [-0.15, -0.1) is 34.2 Å². The third kappa shape index (κ3) is 5.67. The summed E-state index contributed by atoms with van der Waals surface area (Å²) in [6, 6.07) is 10.1. The predicted molar refractivity (Wildman–Crippen MR) is 121 cm³/mol. The van der Waals surface area contributed by atoms with E-state index in [1.54, 1.807) is 6.33 Å². The van der Waals surface area contributed by atoms with Crippen LogP contribution >= 0.6 is 24.0 Å². The molecule has 1 aromatic carbocycles. The van der Waals surface area contributed by atoms with Crippen LogP contribution in [0, 0.1) is 5.41 Å². The van der Waals surface area contributed by atoms with E-state index in [0.717, 1.165) is 30.6 Å². The number of para-hydroxylation sites is 1. The van der Waals surface area contributed by atoms with Gasteiger partial charge in [0.15, 0.2) is 11.8 Å². The van der Waals surface area contributed by atoms with Crippen LogP contribution in [0.2, 0.25) is 0 Å². The minimum Gasteiger partial charge on any atom is -0.357 e. The Balaban J connectivity index is 0.00000261. The SMILES string of the molecule is CCNC(=NCc1nncn1-c1ccccc1)NCC1(CC)CCCC1.I. The molecule has 0 atom stereocenters. The molecule has 148 valence electrons. The summed E-state index contributed by atoms with van der Waals surface area (Å²) in [5.41, 5.74) is 1.48. The summed E-state index contributed by atoms with van der Waals surface area (Å²) in [5, 5.41) is 15.2. The van der Waals surface area contributed by atoms with Crippen molar-refractivity contribution in [3.63, 3.8) is 0 Å². The number of rotatable bonds is 7. The highest BCUT2D eigenvalue weighted by Gasteiger charge is 2.31. The van der Waals surface area contributed by atoms with Gasteiger partial charge in [-0.2, -0.15) is 0 Å². The number of guanidine groups is 1. The van der Waals surface area contributed by atoms with Crippen LogP contribution < -0.4 is 10.6 Å². The second-order valence-electron chi connectivity index (χ2n) is 7.06. The zero-order valence-corrected chi connectivity index (χ0v) is 18.6. The first kappa shape index (κ1) is 21.7. The van der Waals surface area contributed by atoms with E-state index < -0.39 is 0 Å². The van der Waals surface area contributed by atoms with Gasteiger partial charge < -0.3 is 10.6 Å². The summed E-state index contributed by atoms with van der Waals surface area (Å²) >= 11 is 0. The molecule has 0 radical (unpaired) electrons. The molecule has 0 amide bonds. The van der Waals surface area contributed by atoms with Crippen molar-refractivity contribution in [2.24, 2.45) is 10.4 Å². The van der Waals surface area contributed by atoms with Crippen molar-refractivity contribution < 1.29 is 0 Å². The number of nitrogens with zero attached hydrogens (tertiary/aromatic N) is 4. The number of nitrogens with one attached hydrogen (secondary N) is 2. The molecular formula is C20H31IN6. The van der Waals surface area contributed by atoms with Crippen LogP contribution in [0.5, 0.6) is 0 Å². The van der Waals surface area contributed by atoms with E-state index in [2.05, 4.69) is 34.7 Å². The summed E-state index contributed by atoms with van der Waals surface area (Å²) in [6.07, 6.45) is 8.30. The Morgan fingerprint density at radius 1 is 1.15 bits per heavy atom. The molecule has 2 N–H and O–H groups in total. The van der Waals surface area contributed by atoms with Gasteiger partial charge in [-0.05, 0) is 43.7 Å². The summed E-state index contributed by atoms with van der Waals surface area (Å²) < 4.78 is 1.98. The lowest BCUT2D eigenvalue weighted by molar-refractivity contribution is 0.283. The van der Waals surface area contributed by atoms with Crippen molar-refractivity contribution in [1.82, 2.24) is 25.4 Å². The van der Waals surface area contributed by atoms with Crippen molar-refractivity contribution in [3.05, 3.63) is 42.5 Å². The van der Waals surface area contributed by atoms with Gasteiger partial charge in [0.25, 0.3) is 0 Å². The van der Waals surface area contributed by atoms with E-state index in [4.69, 9.17) is 4.99 Å². The maximum Gasteiger partial charge on any atom is 0.191 e. The molecule has 0 saturated heterocycles. The van der Waals surface area contributed by atoms with Crippen molar-refractivity contribution >= 4 is 29.9 Å². The van der Waals surface area contributed by atoms with Gasteiger partial charge in [-0.3, -0.25) is 4.57 Å². The number of halogens is 1. The van der Waals surface area contributed by atoms with E-state index in [1.807, 2.05) is 34.9 Å². The van der Waals surface area contributed by atoms with Crippen LogP contribution in [0.1, 0.15) is 51.8 Å². The second kappa shape index (κ2) is 10.6. The Morgan fingerprint density at radius 3 is 2.56 bits per heavy atom. The van der Waals surface area contributed by atoms with Crippen molar-refractivity contribution in [2.75, 3.05) is 13.1 Å². The van der Waals surface area contributed by atoms with Crippen molar-refractivity contribution in [2.45, 2.75) is 52.5 Å². The highest BCUT2D eigenvalue weighted by atomic mass is 127. The molecule has 3 rings (SSSR count). The first-order valence-electron chi connectivity index (χ1n) is 9.73. The molecule has 0 aliphatic heterocycles. The lowest BCUT2D eigenvalue weighted by Gasteiger charge is -2.28. The Labute approximate surface area is 179 Å². The van der Waals surface area contributed by atoms with E-state index in [9.17, 15) is 0 Å². The Morgan fingerprint density at radius 2 is 1.89 bits per heavy atom. The van der Waals surface area contributed by atoms with Crippen LogP contribution in [0.3, 0.4) is 0 Å². The first-order valence-corrected chi connectivity index (χ1v) is 9.73. The number of hydrogen-bond donors (Lipinski definition) is 2. The average molecular weight is 482 g/mol. The molecular weight excluding hydrogens is 451 g/mol. The Bertz CT molecular complexity index is 706. The van der Waals surface area contributed by atoms with Crippen molar-refractivity contribution in [1.29, 1.82) is 0 Å². The van der Waals surface area contributed by atoms with E-state index >= 15 is 0 Å². The van der Waals surface area contributed by atoms with Crippen LogP contribution in [-0.4, -0.2) is 33.8 Å². The van der Waals surface area contributed by atoms with Crippen LogP contribution in [0.25, 0.3) is 5.69 Å². The first-order chi connectivity index (χ1) is 12.8. The number of hydrogen-bond acceptors (Lipinski definition) is 3. The zero-order chi connectivity index (χ0) is 18.2. The van der Waals surface area contributed by atoms with Crippen LogP contribution in [0.4, 0.5) is 0 Å². The predicted octanol–water partition coefficient (Wildman–Crippen LogP) is 3.91. The van der Waals surface area contributed by atoms with Crippen LogP contribution in [0.15, 0.2) is 41.7 Å². The van der Waals surface area contributed by atoms with Crippen LogP contribution in [-0.2, 0) is 6.54 Å². The molecule has 1 saturated carbocycles. The van der Waals surface area contributed by atoms with Crippen molar-refractivity contribution in [3.8, 4) is 5.69 Å². The minimum absolute atomic E-state index is 0. The number of aliphatic imine (C=N–C) groups is 1. The monoisotopic (exact) mass is 482 g/mol. The molecule has 1 aromatic heterocycles. The van der Waals surface area contributed by atoms with Gasteiger partial charge in [0.05, 0.1) is 0 Å². The summed E-state index contributed by atoms with van der Waals surface area (Å²) in [6.45, 7) is 6.72. The fraction of sp³-hybridized carbons (Fsp3) is 0.550. The second-order valence-corrected chi connectivity index (χ2v) is 7.06. The van der Waals surface area contributed by atoms with E-state index in [1.165, 1.54) is 32.1 Å². The zero-order valence-electron chi connectivity index (χ0n) is 16.3.